The maximum absolute atomic E-state index is 12.6. The fraction of sp³-hybridized carbons (Fsp3) is 0.174. The minimum atomic E-state index is -0.170. The third-order valence-electron chi connectivity index (χ3n) is 4.69. The Morgan fingerprint density at radius 2 is 1.87 bits per heavy atom. The van der Waals surface area contributed by atoms with Crippen molar-refractivity contribution in [2.75, 3.05) is 19.0 Å². The second-order valence-electron chi connectivity index (χ2n) is 6.83. The number of carbonyl (C=O) groups excluding carboxylic acids is 1. The average Bonchev–Trinajstić information content (AvgIpc) is 3.45. The molecular weight excluding hydrogens is 396 g/mol. The highest BCUT2D eigenvalue weighted by molar-refractivity contribution is 7.14. The van der Waals surface area contributed by atoms with Crippen molar-refractivity contribution in [3.63, 3.8) is 0 Å². The molecule has 4 rings (SSSR count). The molecule has 0 bridgehead atoms. The molecule has 0 unspecified atom stereocenters. The van der Waals surface area contributed by atoms with Crippen LogP contribution in [0, 0.1) is 0 Å². The van der Waals surface area contributed by atoms with Crippen LogP contribution in [0.1, 0.15) is 21.5 Å². The van der Waals surface area contributed by atoms with Gasteiger partial charge in [-0.3, -0.25) is 14.8 Å². The molecule has 7 heteroatoms. The van der Waals surface area contributed by atoms with Crippen LogP contribution < -0.4 is 5.32 Å². The Hall–Kier alpha value is -3.29. The van der Waals surface area contributed by atoms with Crippen molar-refractivity contribution in [2.45, 2.75) is 13.0 Å². The van der Waals surface area contributed by atoms with Crippen LogP contribution >= 0.6 is 11.3 Å². The number of hydrogen-bond donors (Lipinski definition) is 1. The zero-order valence-electron chi connectivity index (χ0n) is 16.6. The van der Waals surface area contributed by atoms with Crippen molar-refractivity contribution in [3.8, 4) is 11.3 Å². The molecule has 0 aliphatic rings. The van der Waals surface area contributed by atoms with Crippen molar-refractivity contribution in [3.05, 3.63) is 89.1 Å². The van der Waals surface area contributed by atoms with Crippen LogP contribution in [0.2, 0.25) is 0 Å². The molecule has 2 heterocycles. The predicted octanol–water partition coefficient (Wildman–Crippen LogP) is 4.50. The molecule has 1 amide bonds. The van der Waals surface area contributed by atoms with Gasteiger partial charge in [-0.2, -0.15) is 5.10 Å². The van der Waals surface area contributed by atoms with Crippen LogP contribution in [0.4, 0.5) is 5.13 Å². The molecule has 6 nitrogen and oxygen atoms in total. The van der Waals surface area contributed by atoms with Gasteiger partial charge in [-0.25, -0.2) is 4.98 Å². The highest BCUT2D eigenvalue weighted by Crippen LogP contribution is 2.25. The number of benzene rings is 2. The van der Waals surface area contributed by atoms with Gasteiger partial charge < -0.3 is 4.74 Å². The summed E-state index contributed by atoms with van der Waals surface area (Å²) in [6.45, 7) is 1.38. The third-order valence-corrected chi connectivity index (χ3v) is 5.45. The maximum Gasteiger partial charge on any atom is 0.257 e. The zero-order valence-corrected chi connectivity index (χ0v) is 17.4. The summed E-state index contributed by atoms with van der Waals surface area (Å²) in [5.74, 6) is -0.170. The monoisotopic (exact) mass is 418 g/mol. The van der Waals surface area contributed by atoms with Crippen LogP contribution in [-0.4, -0.2) is 34.4 Å². The normalized spacial score (nSPS) is 10.8. The van der Waals surface area contributed by atoms with Crippen LogP contribution in [0.15, 0.2) is 72.4 Å². The molecule has 2 aromatic heterocycles. The Balaban J connectivity index is 1.37. The molecule has 0 radical (unpaired) electrons. The Kier molecular flexibility index (Phi) is 6.32. The number of hydrogen-bond acceptors (Lipinski definition) is 5. The number of thiazole rings is 1. The van der Waals surface area contributed by atoms with E-state index in [9.17, 15) is 4.79 Å². The first-order chi connectivity index (χ1) is 14.7. The largest absolute Gasteiger partial charge is 0.384 e. The summed E-state index contributed by atoms with van der Waals surface area (Å²) in [4.78, 5) is 17.1. The van der Waals surface area contributed by atoms with Gasteiger partial charge in [-0.1, -0.05) is 36.4 Å². The molecule has 0 atom stereocenters. The van der Waals surface area contributed by atoms with Crippen molar-refractivity contribution in [1.29, 1.82) is 0 Å². The predicted molar refractivity (Wildman–Crippen MR) is 119 cm³/mol. The lowest BCUT2D eigenvalue weighted by Gasteiger charge is -2.05. The van der Waals surface area contributed by atoms with E-state index in [1.807, 2.05) is 58.7 Å². The van der Waals surface area contributed by atoms with E-state index < -0.39 is 0 Å². The summed E-state index contributed by atoms with van der Waals surface area (Å²) in [6.07, 6.45) is 4.55. The fourth-order valence-corrected chi connectivity index (χ4v) is 3.75. The Bertz CT molecular complexity index is 1090. The molecule has 0 spiro atoms. The van der Waals surface area contributed by atoms with Gasteiger partial charge in [0.25, 0.3) is 5.91 Å². The quantitative estimate of drug-likeness (QED) is 0.458. The highest BCUT2D eigenvalue weighted by Gasteiger charge is 2.10. The van der Waals surface area contributed by atoms with Gasteiger partial charge in [0.2, 0.25) is 0 Å². The van der Waals surface area contributed by atoms with Gasteiger partial charge in [0, 0.05) is 36.0 Å². The zero-order chi connectivity index (χ0) is 20.8. The summed E-state index contributed by atoms with van der Waals surface area (Å²) in [5.41, 5.74) is 4.78. The standard InChI is InChI=1S/C23H22N4O2S/c1-29-14-11-17-3-7-19(8-4-17)21-16-30-23(25-21)26-22(28)20-9-5-18(6-10-20)15-27-13-2-12-24-27/h2-10,12-13,16H,11,14-15H2,1H3,(H,25,26,28). The molecule has 1 N–H and O–H groups in total. The lowest BCUT2D eigenvalue weighted by molar-refractivity contribution is 0.102. The van der Waals surface area contributed by atoms with E-state index in [-0.39, 0.29) is 5.91 Å². The Labute approximate surface area is 179 Å². The molecule has 30 heavy (non-hydrogen) atoms. The topological polar surface area (TPSA) is 69.0 Å². The number of rotatable bonds is 8. The maximum atomic E-state index is 12.6. The lowest BCUT2D eigenvalue weighted by Crippen LogP contribution is -2.11. The van der Waals surface area contributed by atoms with E-state index in [0.29, 0.717) is 23.8 Å². The SMILES string of the molecule is COCCc1ccc(-c2csc(NC(=O)c3ccc(Cn4cccn4)cc3)n2)cc1. The number of amides is 1. The molecule has 0 fully saturated rings. The van der Waals surface area contributed by atoms with Gasteiger partial charge in [0.1, 0.15) is 0 Å². The van der Waals surface area contributed by atoms with E-state index in [1.165, 1.54) is 16.9 Å². The van der Waals surface area contributed by atoms with Gasteiger partial charge in [0.05, 0.1) is 18.8 Å². The van der Waals surface area contributed by atoms with E-state index in [1.54, 1.807) is 13.3 Å². The van der Waals surface area contributed by atoms with Crippen molar-refractivity contribution >= 4 is 22.4 Å². The molecular formula is C23H22N4O2S. The van der Waals surface area contributed by atoms with Crippen molar-refractivity contribution in [2.24, 2.45) is 0 Å². The second-order valence-corrected chi connectivity index (χ2v) is 7.69. The smallest absolute Gasteiger partial charge is 0.257 e. The summed E-state index contributed by atoms with van der Waals surface area (Å²) >= 11 is 1.42. The third kappa shape index (κ3) is 5.00. The first kappa shape index (κ1) is 20.0. The molecule has 0 aliphatic heterocycles. The number of anilines is 1. The first-order valence-electron chi connectivity index (χ1n) is 9.63. The minimum Gasteiger partial charge on any atom is -0.384 e. The van der Waals surface area contributed by atoms with E-state index in [2.05, 4.69) is 27.5 Å². The number of ether oxygens (including phenoxy) is 1. The molecule has 0 aliphatic carbocycles. The van der Waals surface area contributed by atoms with Crippen molar-refractivity contribution < 1.29 is 9.53 Å². The Morgan fingerprint density at radius 1 is 1.10 bits per heavy atom. The van der Waals surface area contributed by atoms with Crippen LogP contribution in [0.3, 0.4) is 0 Å². The molecule has 0 saturated carbocycles. The number of carbonyl (C=O) groups is 1. The van der Waals surface area contributed by atoms with Crippen LogP contribution in [0.25, 0.3) is 11.3 Å². The van der Waals surface area contributed by atoms with Gasteiger partial charge in [0.15, 0.2) is 5.13 Å². The van der Waals surface area contributed by atoms with E-state index >= 15 is 0 Å². The highest BCUT2D eigenvalue weighted by atomic mass is 32.1. The average molecular weight is 419 g/mol. The van der Waals surface area contributed by atoms with Gasteiger partial charge >= 0.3 is 0 Å². The second kappa shape index (κ2) is 9.47. The Morgan fingerprint density at radius 3 is 2.57 bits per heavy atom. The molecule has 4 aromatic rings. The van der Waals surface area contributed by atoms with Crippen LogP contribution in [0.5, 0.6) is 0 Å². The van der Waals surface area contributed by atoms with Gasteiger partial charge in [-0.05, 0) is 35.7 Å². The van der Waals surface area contributed by atoms with Crippen molar-refractivity contribution in [1.82, 2.24) is 14.8 Å². The summed E-state index contributed by atoms with van der Waals surface area (Å²) in [6, 6.07) is 17.7. The van der Waals surface area contributed by atoms with E-state index in [4.69, 9.17) is 4.74 Å². The van der Waals surface area contributed by atoms with Crippen LogP contribution in [-0.2, 0) is 17.7 Å². The number of methoxy groups -OCH3 is 1. The van der Waals surface area contributed by atoms with Gasteiger partial charge in [-0.15, -0.1) is 11.3 Å². The van der Waals surface area contributed by atoms with E-state index in [0.717, 1.165) is 23.2 Å². The minimum absolute atomic E-state index is 0.170. The molecule has 2 aromatic carbocycles. The summed E-state index contributed by atoms with van der Waals surface area (Å²) in [7, 11) is 1.70. The number of nitrogens with zero attached hydrogens (tertiary/aromatic N) is 3. The molecule has 152 valence electrons. The fourth-order valence-electron chi connectivity index (χ4n) is 3.04. The number of nitrogens with one attached hydrogen (secondary N) is 1. The summed E-state index contributed by atoms with van der Waals surface area (Å²) in [5, 5.41) is 9.62. The first-order valence-corrected chi connectivity index (χ1v) is 10.5. The molecule has 0 saturated heterocycles. The summed E-state index contributed by atoms with van der Waals surface area (Å²) < 4.78 is 6.96. The number of aromatic nitrogens is 3. The lowest BCUT2D eigenvalue weighted by atomic mass is 10.1.